The maximum absolute atomic E-state index is 9.86. The largest absolute Gasteiger partial charge is 0.359 e. The summed E-state index contributed by atoms with van der Waals surface area (Å²) in [6, 6.07) is 0. The number of hydrogen-bond acceptors (Lipinski definition) is 2. The Kier molecular flexibility index (Phi) is 5.33. The highest BCUT2D eigenvalue weighted by Gasteiger charge is 2.45. The fraction of sp³-hybridized carbons (Fsp3) is 1.00. The Morgan fingerprint density at radius 2 is 1.69 bits per heavy atom. The standard InChI is InChI=1S/C9H24O2P2/c1-6-7-13(5,9(2)10)8-12(3,4)11/h9-11H,6-8H2,1-5H3/q+2. The summed E-state index contributed by atoms with van der Waals surface area (Å²) >= 11 is 0. The summed E-state index contributed by atoms with van der Waals surface area (Å²) in [5.74, 6) is 0.643. The number of aliphatic hydroxyl groups excluding tert-OH is 1. The molecule has 2 atom stereocenters. The van der Waals surface area contributed by atoms with E-state index in [1.807, 2.05) is 20.3 Å². The first-order chi connectivity index (χ1) is 5.71. The fourth-order valence-electron chi connectivity index (χ4n) is 1.68. The van der Waals surface area contributed by atoms with Crippen molar-refractivity contribution in [3.05, 3.63) is 0 Å². The third-order valence-corrected chi connectivity index (χ3v) is 10.9. The second-order valence-electron chi connectivity index (χ2n) is 4.60. The van der Waals surface area contributed by atoms with E-state index in [0.29, 0.717) is 0 Å². The summed E-state index contributed by atoms with van der Waals surface area (Å²) in [6.07, 6.45) is 2.20. The van der Waals surface area contributed by atoms with Crippen LogP contribution in [-0.2, 0) is 0 Å². The number of hydrogen-bond donors (Lipinski definition) is 2. The van der Waals surface area contributed by atoms with E-state index in [0.717, 1.165) is 18.5 Å². The average Bonchev–Trinajstić information content (AvgIpc) is 1.82. The van der Waals surface area contributed by atoms with E-state index < -0.39 is 14.8 Å². The molecule has 0 spiro atoms. The van der Waals surface area contributed by atoms with Gasteiger partial charge in [0.25, 0.3) is 0 Å². The molecule has 0 heterocycles. The molecule has 2 unspecified atom stereocenters. The summed E-state index contributed by atoms with van der Waals surface area (Å²) in [5.41, 5.74) is 0. The van der Waals surface area contributed by atoms with E-state index in [4.69, 9.17) is 0 Å². The zero-order valence-corrected chi connectivity index (χ0v) is 11.3. The first kappa shape index (κ1) is 13.8. The third-order valence-electron chi connectivity index (χ3n) is 2.31. The van der Waals surface area contributed by atoms with Crippen LogP contribution in [-0.4, -0.2) is 47.9 Å². The smallest absolute Gasteiger partial charge is 0.187 e. The molecule has 2 nitrogen and oxygen atoms in total. The molecule has 0 aromatic heterocycles. The minimum Gasteiger partial charge on any atom is -0.359 e. The first-order valence-electron chi connectivity index (χ1n) is 4.79. The molecule has 0 saturated carbocycles. The van der Waals surface area contributed by atoms with Gasteiger partial charge in [-0.3, -0.25) is 0 Å². The monoisotopic (exact) mass is 226 g/mol. The topological polar surface area (TPSA) is 40.5 Å². The summed E-state index contributed by atoms with van der Waals surface area (Å²) in [5, 5.41) is 9.72. The SMILES string of the molecule is CCC[P+](C)(C[P+](C)(C)O)C(C)O. The van der Waals surface area contributed by atoms with Crippen molar-refractivity contribution in [2.45, 2.75) is 26.1 Å². The van der Waals surface area contributed by atoms with Gasteiger partial charge in [0.2, 0.25) is 0 Å². The zero-order chi connectivity index (χ0) is 10.7. The lowest BCUT2D eigenvalue weighted by molar-refractivity contribution is 0.274. The van der Waals surface area contributed by atoms with Gasteiger partial charge in [-0.2, -0.15) is 0 Å². The molecule has 0 saturated heterocycles. The summed E-state index contributed by atoms with van der Waals surface area (Å²) in [4.78, 5) is 9.86. The molecule has 0 radical (unpaired) electrons. The third kappa shape index (κ3) is 5.27. The van der Waals surface area contributed by atoms with Crippen LogP contribution in [0.25, 0.3) is 0 Å². The van der Waals surface area contributed by atoms with Crippen molar-refractivity contribution >= 4 is 14.8 Å². The van der Waals surface area contributed by atoms with Gasteiger partial charge in [-0.15, -0.1) is 0 Å². The molecule has 0 aliphatic carbocycles. The molecule has 80 valence electrons. The van der Waals surface area contributed by atoms with Crippen molar-refractivity contribution in [3.63, 3.8) is 0 Å². The lowest BCUT2D eigenvalue weighted by Crippen LogP contribution is -2.16. The van der Waals surface area contributed by atoms with Crippen LogP contribution in [0.2, 0.25) is 0 Å². The quantitative estimate of drug-likeness (QED) is 0.707. The normalized spacial score (nSPS) is 19.6. The minimum atomic E-state index is -1.73. The predicted molar refractivity (Wildman–Crippen MR) is 65.5 cm³/mol. The van der Waals surface area contributed by atoms with Gasteiger partial charge in [0, 0.05) is 0 Å². The summed E-state index contributed by atoms with van der Waals surface area (Å²) < 4.78 is 0. The Morgan fingerprint density at radius 1 is 1.23 bits per heavy atom. The van der Waals surface area contributed by atoms with Crippen molar-refractivity contribution in [1.82, 2.24) is 0 Å². The maximum atomic E-state index is 9.86. The van der Waals surface area contributed by atoms with E-state index in [-0.39, 0.29) is 5.85 Å². The van der Waals surface area contributed by atoms with Crippen LogP contribution in [0.4, 0.5) is 0 Å². The molecule has 0 aromatic carbocycles. The van der Waals surface area contributed by atoms with Gasteiger partial charge >= 0.3 is 0 Å². The maximum Gasteiger partial charge on any atom is 0.187 e. The van der Waals surface area contributed by atoms with Crippen molar-refractivity contribution in [2.75, 3.05) is 32.1 Å². The van der Waals surface area contributed by atoms with Crippen LogP contribution in [0, 0.1) is 0 Å². The number of aliphatic hydroxyl groups is 1. The van der Waals surface area contributed by atoms with Crippen molar-refractivity contribution in [2.24, 2.45) is 0 Å². The van der Waals surface area contributed by atoms with Crippen LogP contribution in [0.1, 0.15) is 20.3 Å². The fourth-order valence-corrected chi connectivity index (χ4v) is 10.9. The van der Waals surface area contributed by atoms with E-state index in [1.54, 1.807) is 0 Å². The predicted octanol–water partition coefficient (Wildman–Crippen LogP) is 2.52. The van der Waals surface area contributed by atoms with E-state index in [9.17, 15) is 10.00 Å². The molecule has 0 rings (SSSR count). The number of rotatable bonds is 5. The van der Waals surface area contributed by atoms with Crippen LogP contribution in [0.3, 0.4) is 0 Å². The molecule has 2 N–H and O–H groups in total. The molecule has 0 amide bonds. The molecule has 0 aliphatic heterocycles. The molecule has 0 aliphatic rings. The molecule has 0 bridgehead atoms. The molecule has 0 fully saturated rings. The highest BCUT2D eigenvalue weighted by molar-refractivity contribution is 7.88. The molecule has 0 aromatic rings. The Balaban J connectivity index is 4.42. The van der Waals surface area contributed by atoms with Crippen LogP contribution < -0.4 is 0 Å². The lowest BCUT2D eigenvalue weighted by Gasteiger charge is -2.26. The van der Waals surface area contributed by atoms with Gasteiger partial charge in [-0.25, -0.2) is 4.89 Å². The van der Waals surface area contributed by atoms with E-state index in [1.165, 1.54) is 0 Å². The first-order valence-corrected chi connectivity index (χ1v) is 10.3. The van der Waals surface area contributed by atoms with Gasteiger partial charge in [0.15, 0.2) is 19.2 Å². The van der Waals surface area contributed by atoms with Crippen molar-refractivity contribution in [3.8, 4) is 0 Å². The van der Waals surface area contributed by atoms with Gasteiger partial charge in [-0.1, -0.05) is 6.92 Å². The van der Waals surface area contributed by atoms with E-state index >= 15 is 0 Å². The Morgan fingerprint density at radius 3 is 1.92 bits per heavy atom. The molecular formula is C9H24O2P2+2. The zero-order valence-electron chi connectivity index (χ0n) is 9.49. The summed E-state index contributed by atoms with van der Waals surface area (Å²) in [6.45, 7) is 10.1. The van der Waals surface area contributed by atoms with Gasteiger partial charge < -0.3 is 5.11 Å². The highest BCUT2D eigenvalue weighted by atomic mass is 31.2. The lowest BCUT2D eigenvalue weighted by atomic mass is 10.6. The molecule has 13 heavy (non-hydrogen) atoms. The average molecular weight is 226 g/mol. The van der Waals surface area contributed by atoms with Crippen LogP contribution >= 0.6 is 14.8 Å². The Labute approximate surface area is 83.5 Å². The van der Waals surface area contributed by atoms with Gasteiger partial charge in [-0.05, 0) is 13.3 Å². The van der Waals surface area contributed by atoms with E-state index in [2.05, 4.69) is 13.6 Å². The molecule has 4 heteroatoms. The summed E-state index contributed by atoms with van der Waals surface area (Å²) in [7, 11) is -3.04. The molecular weight excluding hydrogens is 202 g/mol. The van der Waals surface area contributed by atoms with Crippen LogP contribution in [0.15, 0.2) is 0 Å². The van der Waals surface area contributed by atoms with Crippen LogP contribution in [0.5, 0.6) is 0 Å². The minimum absolute atomic E-state index is 0.223. The van der Waals surface area contributed by atoms with Gasteiger partial charge in [0.05, 0.1) is 33.4 Å². The Hall–Kier alpha value is 0.780. The van der Waals surface area contributed by atoms with Gasteiger partial charge in [0.1, 0.15) is 0 Å². The van der Waals surface area contributed by atoms with Crippen molar-refractivity contribution in [1.29, 1.82) is 0 Å². The highest BCUT2D eigenvalue weighted by Crippen LogP contribution is 2.69. The Bertz CT molecular complexity index is 154. The van der Waals surface area contributed by atoms with Crippen molar-refractivity contribution < 1.29 is 10.00 Å². The second-order valence-corrected chi connectivity index (χ2v) is 13.1. The second kappa shape index (κ2) is 5.03.